The van der Waals surface area contributed by atoms with Crippen molar-refractivity contribution in [2.24, 2.45) is 17.0 Å². The third-order valence-corrected chi connectivity index (χ3v) is 17.7. The van der Waals surface area contributed by atoms with E-state index in [9.17, 15) is 37.5 Å². The summed E-state index contributed by atoms with van der Waals surface area (Å²) >= 11 is 0. The summed E-state index contributed by atoms with van der Waals surface area (Å²) in [7, 11) is 0. The molecule has 25 heteroatoms. The molecule has 530 valence electrons. The number of oxime groups is 1. The molecule has 0 aromatic rings. The molecule has 9 saturated heterocycles. The number of carbonyl (C=O) groups excluding carboxylic acids is 6. The third kappa shape index (κ3) is 27.2. The molecule has 3 amide bonds. The standard InChI is InChI=1S/C12H21F2NO2.C12H21NO3.2C9H15NO3.C9H17NO2.C9H14O3.C7H13NO/c1-9-8-12(13,14)6-5-7-15(9)10(16)17-11(2,3)4;1-9-8-10(14)6-5-7-13(9)11(15)16-12(2,3)4;1-7-6-9(12-4-5-13-9)3-2-8(11)10-7;1-7-6-9(12-4-5-13-9)3-2-8(7)10-11;1-8-7-9(3-2-4-10-8)11-5-6-12-9;1-7-6-9(3-2-8(7)10)11-4-5-12-9;1-6-5-7(9)3-2-4-8-6/h9H,5-8H2,1-4H3;9H,5-8H2,1-4H3;7H,2-6H2,1H3,(H,10,11);7,11H,2-6H2,1H3;8,10H,2-7H2,1H3;7H,2-6H2,1H3;6,8H,2-5H2,1H3/b;;;10-8-;;;. The largest absolute Gasteiger partial charge is 0.444 e. The number of likely N-dealkylation sites (tertiary alicyclic amines) is 2. The molecule has 11 rings (SSSR count). The van der Waals surface area contributed by atoms with Crippen LogP contribution in [-0.2, 0) is 66.5 Å². The normalized spacial score (nSPS) is 30.4. The molecule has 4 N–H and O–H groups in total. The maximum atomic E-state index is 13.3. The molecule has 0 radical (unpaired) electrons. The molecule has 23 nitrogen and oxygen atoms in total. The number of alkyl halides is 2. The fraction of sp³-hybridized carbons (Fsp3) is 0.896. The van der Waals surface area contributed by atoms with Gasteiger partial charge in [0, 0.05) is 158 Å². The average molecular weight is 1320 g/mol. The molecular weight excluding hydrogens is 1200 g/mol. The molecule has 11 aliphatic rings. The highest BCUT2D eigenvalue weighted by Gasteiger charge is 2.45. The van der Waals surface area contributed by atoms with Crippen LogP contribution >= 0.6 is 0 Å². The number of halogens is 2. The van der Waals surface area contributed by atoms with E-state index in [2.05, 4.69) is 35.0 Å². The first kappa shape index (κ1) is 78.6. The van der Waals surface area contributed by atoms with E-state index in [0.29, 0.717) is 115 Å². The third-order valence-electron chi connectivity index (χ3n) is 17.7. The number of carbonyl (C=O) groups is 6. The maximum absolute atomic E-state index is 13.3. The Labute approximate surface area is 546 Å². The Kier molecular flexibility index (Phi) is 31.1. The van der Waals surface area contributed by atoms with Crippen LogP contribution in [0.1, 0.15) is 225 Å². The van der Waals surface area contributed by atoms with Gasteiger partial charge in [-0.2, -0.15) is 0 Å². The molecule has 9 heterocycles. The van der Waals surface area contributed by atoms with E-state index in [4.69, 9.17) is 52.6 Å². The second-order valence-electron chi connectivity index (χ2n) is 28.8. The van der Waals surface area contributed by atoms with Gasteiger partial charge in [0.25, 0.3) is 0 Å². The summed E-state index contributed by atoms with van der Waals surface area (Å²) in [6.07, 6.45) is 13.0. The molecule has 92 heavy (non-hydrogen) atoms. The van der Waals surface area contributed by atoms with Gasteiger partial charge in [0.15, 0.2) is 23.1 Å². The van der Waals surface area contributed by atoms with Crippen molar-refractivity contribution in [2.75, 3.05) is 79.0 Å². The van der Waals surface area contributed by atoms with E-state index in [1.807, 2.05) is 48.5 Å². The molecule has 2 aliphatic carbocycles. The van der Waals surface area contributed by atoms with E-state index in [1.54, 1.807) is 32.6 Å². The van der Waals surface area contributed by atoms with Crippen molar-refractivity contribution in [2.45, 2.75) is 295 Å². The Morgan fingerprint density at radius 1 is 0.500 bits per heavy atom. The molecular formula is C67H116F2N6O17. The lowest BCUT2D eigenvalue weighted by Crippen LogP contribution is -2.42. The number of ketones is 3. The van der Waals surface area contributed by atoms with Crippen LogP contribution in [0.3, 0.4) is 0 Å². The van der Waals surface area contributed by atoms with Gasteiger partial charge >= 0.3 is 12.2 Å². The fourth-order valence-electron chi connectivity index (χ4n) is 13.2. The highest BCUT2D eigenvalue weighted by Crippen LogP contribution is 2.39. The Morgan fingerprint density at radius 3 is 1.46 bits per heavy atom. The minimum atomic E-state index is -2.67. The van der Waals surface area contributed by atoms with Crippen molar-refractivity contribution in [3.8, 4) is 0 Å². The van der Waals surface area contributed by atoms with Crippen molar-refractivity contribution >= 4 is 41.2 Å². The predicted molar refractivity (Wildman–Crippen MR) is 340 cm³/mol. The van der Waals surface area contributed by atoms with Crippen LogP contribution < -0.4 is 16.0 Å². The SMILES string of the molecule is CC1CC(=O)CCCN1.CC1CC(=O)CCCN1C(=O)OC(C)(C)C.CC1CC(F)(F)CCCN1C(=O)OC(C)(C)C.CC1CC2(CC/C1=N/O)OCCO2.CC1CC2(CCC(=O)N1)OCCO2.CC1CC2(CCC1=O)OCCO2.CC1CC2(CCCN1)OCCO2. The summed E-state index contributed by atoms with van der Waals surface area (Å²) in [5.41, 5.74) is -0.205. The van der Waals surface area contributed by atoms with Crippen LogP contribution in [0.4, 0.5) is 18.4 Å². The highest BCUT2D eigenvalue weighted by atomic mass is 19.3. The highest BCUT2D eigenvalue weighted by molar-refractivity contribution is 5.87. The molecule has 0 bridgehead atoms. The fourth-order valence-corrected chi connectivity index (χ4v) is 13.2. The first-order valence-electron chi connectivity index (χ1n) is 34.2. The lowest BCUT2D eigenvalue weighted by atomic mass is 9.84. The lowest BCUT2D eigenvalue weighted by molar-refractivity contribution is -0.187. The van der Waals surface area contributed by atoms with Gasteiger partial charge in [-0.05, 0) is 121 Å². The summed E-state index contributed by atoms with van der Waals surface area (Å²) in [5, 5.41) is 21.6. The number of hydrogen-bond acceptors (Lipinski definition) is 20. The van der Waals surface area contributed by atoms with E-state index < -0.39 is 40.8 Å². The second-order valence-corrected chi connectivity index (χ2v) is 28.8. The van der Waals surface area contributed by atoms with E-state index in [0.717, 1.165) is 115 Å². The van der Waals surface area contributed by atoms with Gasteiger partial charge in [-0.15, -0.1) is 0 Å². The second kappa shape index (κ2) is 36.3. The Balaban J connectivity index is 0.000000196. The molecule has 7 unspecified atom stereocenters. The molecule has 2 saturated carbocycles. The quantitative estimate of drug-likeness (QED) is 0.130. The molecule has 4 spiro atoms. The number of nitrogens with one attached hydrogen (secondary N) is 3. The van der Waals surface area contributed by atoms with Gasteiger partial charge in [0.1, 0.15) is 28.6 Å². The lowest BCUT2D eigenvalue weighted by Gasteiger charge is -2.34. The molecule has 0 aromatic heterocycles. The number of amides is 3. The summed E-state index contributed by atoms with van der Waals surface area (Å²) in [6.45, 7) is 33.3. The van der Waals surface area contributed by atoms with Crippen LogP contribution in [0.2, 0.25) is 0 Å². The minimum Gasteiger partial charge on any atom is -0.444 e. The molecule has 0 aromatic carbocycles. The minimum absolute atomic E-state index is 0.0511. The smallest absolute Gasteiger partial charge is 0.410 e. The Morgan fingerprint density at radius 2 is 0.935 bits per heavy atom. The number of nitrogens with zero attached hydrogens (tertiary/aromatic N) is 3. The zero-order valence-electron chi connectivity index (χ0n) is 58.0. The maximum Gasteiger partial charge on any atom is 0.410 e. The van der Waals surface area contributed by atoms with Crippen LogP contribution in [0, 0.1) is 11.8 Å². The van der Waals surface area contributed by atoms with Crippen LogP contribution in [0.15, 0.2) is 5.16 Å². The summed E-state index contributed by atoms with van der Waals surface area (Å²) in [6, 6.07) is 0.533. The van der Waals surface area contributed by atoms with Gasteiger partial charge in [-0.25, -0.2) is 18.4 Å². The van der Waals surface area contributed by atoms with Gasteiger partial charge in [-0.3, -0.25) is 19.2 Å². The molecule has 11 fully saturated rings. The number of Topliss-reactive ketones (excluding diaryl/α,β-unsaturated/α-hetero) is 3. The molecule has 7 atom stereocenters. The van der Waals surface area contributed by atoms with Gasteiger partial charge in [0.05, 0.1) is 58.6 Å². The van der Waals surface area contributed by atoms with Crippen LogP contribution in [0.5, 0.6) is 0 Å². The van der Waals surface area contributed by atoms with Gasteiger partial charge < -0.3 is 78.3 Å². The Hall–Kier alpha value is -4.05. The summed E-state index contributed by atoms with van der Waals surface area (Å²) in [4.78, 5) is 71.5. The van der Waals surface area contributed by atoms with Crippen molar-refractivity contribution in [3.05, 3.63) is 0 Å². The number of ether oxygens (including phenoxy) is 10. The number of rotatable bonds is 0. The van der Waals surface area contributed by atoms with Crippen LogP contribution in [0.25, 0.3) is 0 Å². The van der Waals surface area contributed by atoms with E-state index in [1.165, 1.54) is 4.90 Å². The summed E-state index contributed by atoms with van der Waals surface area (Å²) in [5.74, 6) is -2.68. The predicted octanol–water partition coefficient (Wildman–Crippen LogP) is 10.3. The zero-order chi connectivity index (χ0) is 68.0. The first-order chi connectivity index (χ1) is 43.2. The monoisotopic (exact) mass is 1310 g/mol. The topological polar surface area (TPSA) is 270 Å². The van der Waals surface area contributed by atoms with Crippen molar-refractivity contribution in [3.63, 3.8) is 0 Å². The molecule has 9 aliphatic heterocycles. The number of hydrogen-bond donors (Lipinski definition) is 4. The van der Waals surface area contributed by atoms with Gasteiger partial charge in [0.2, 0.25) is 11.8 Å². The van der Waals surface area contributed by atoms with E-state index >= 15 is 0 Å². The average Bonchev–Trinajstić information content (AvgIpc) is 1.59. The first-order valence-corrected chi connectivity index (χ1v) is 34.2. The van der Waals surface area contributed by atoms with Crippen molar-refractivity contribution in [1.29, 1.82) is 0 Å². The van der Waals surface area contributed by atoms with E-state index in [-0.39, 0.29) is 66.1 Å². The van der Waals surface area contributed by atoms with Gasteiger partial charge in [-0.1, -0.05) is 19.0 Å². The van der Waals surface area contributed by atoms with Crippen LogP contribution in [-0.4, -0.2) is 206 Å². The Bertz CT molecular complexity index is 2350. The zero-order valence-corrected chi connectivity index (χ0v) is 58.0. The van der Waals surface area contributed by atoms with Crippen molar-refractivity contribution < 1.29 is 90.1 Å². The van der Waals surface area contributed by atoms with Crippen molar-refractivity contribution in [1.82, 2.24) is 25.8 Å². The summed E-state index contributed by atoms with van der Waals surface area (Å²) < 4.78 is 81.8.